The predicted molar refractivity (Wildman–Crippen MR) is 65.0 cm³/mol. The molecular formula is C10H15NO4S2. The molecule has 0 aliphatic heterocycles. The van der Waals surface area contributed by atoms with Gasteiger partial charge in [-0.2, -0.15) is 0 Å². The van der Waals surface area contributed by atoms with Gasteiger partial charge in [0, 0.05) is 12.3 Å². The quantitative estimate of drug-likeness (QED) is 0.881. The summed E-state index contributed by atoms with van der Waals surface area (Å²) in [5, 5.41) is 0. The first-order chi connectivity index (χ1) is 7.63. The fraction of sp³-hybridized carbons (Fsp3) is 0.400. The summed E-state index contributed by atoms with van der Waals surface area (Å²) in [7, 11) is -7.06. The van der Waals surface area contributed by atoms with Gasteiger partial charge in [-0.1, -0.05) is 6.07 Å². The van der Waals surface area contributed by atoms with Crippen LogP contribution in [-0.2, 0) is 19.9 Å². The smallest absolute Gasteiger partial charge is 0.224 e. The summed E-state index contributed by atoms with van der Waals surface area (Å²) in [5.41, 5.74) is 0. The lowest BCUT2D eigenvalue weighted by Crippen LogP contribution is -2.30. The highest BCUT2D eigenvalue weighted by Gasteiger charge is 2.17. The third kappa shape index (κ3) is 3.79. The predicted octanol–water partition coefficient (Wildman–Crippen LogP) is 0.777. The third-order valence-corrected chi connectivity index (χ3v) is 4.70. The molecule has 1 aromatic rings. The van der Waals surface area contributed by atoms with Crippen LogP contribution < -0.4 is 4.72 Å². The Morgan fingerprint density at radius 3 is 2.06 bits per heavy atom. The first-order valence-electron chi connectivity index (χ1n) is 4.95. The van der Waals surface area contributed by atoms with Gasteiger partial charge in [0.25, 0.3) is 0 Å². The normalized spacial score (nSPS) is 12.9. The minimum Gasteiger partial charge on any atom is -0.224 e. The Kier molecular flexibility index (Phi) is 3.95. The van der Waals surface area contributed by atoms with Crippen LogP contribution in [0.15, 0.2) is 34.1 Å². The molecule has 1 rings (SSSR count). The van der Waals surface area contributed by atoms with Crippen LogP contribution in [0.3, 0.4) is 0 Å². The molecule has 0 radical (unpaired) electrons. The summed E-state index contributed by atoms with van der Waals surface area (Å²) >= 11 is 0. The van der Waals surface area contributed by atoms with Gasteiger partial charge in [-0.05, 0) is 32.0 Å². The molecule has 0 atom stereocenters. The van der Waals surface area contributed by atoms with Gasteiger partial charge in [-0.15, -0.1) is 0 Å². The Labute approximate surface area is 102 Å². The molecule has 17 heavy (non-hydrogen) atoms. The largest absolute Gasteiger partial charge is 0.240 e. The summed E-state index contributed by atoms with van der Waals surface area (Å²) in [6, 6.07) is 5.04. The van der Waals surface area contributed by atoms with Crippen molar-refractivity contribution < 1.29 is 16.8 Å². The second-order valence-corrected chi connectivity index (χ2v) is 7.75. The van der Waals surface area contributed by atoms with E-state index < -0.39 is 19.9 Å². The topological polar surface area (TPSA) is 80.3 Å². The summed E-state index contributed by atoms with van der Waals surface area (Å²) in [6.45, 7) is 3.38. The van der Waals surface area contributed by atoms with E-state index in [1.165, 1.54) is 18.2 Å². The molecule has 0 spiro atoms. The maximum absolute atomic E-state index is 11.8. The molecule has 0 amide bonds. The molecular weight excluding hydrogens is 262 g/mol. The van der Waals surface area contributed by atoms with Gasteiger partial charge in [0.2, 0.25) is 10.0 Å². The van der Waals surface area contributed by atoms with Gasteiger partial charge in [-0.3, -0.25) is 0 Å². The first-order valence-corrected chi connectivity index (χ1v) is 8.33. The summed E-state index contributed by atoms with van der Waals surface area (Å²) in [6.07, 6.45) is 1.04. The average molecular weight is 277 g/mol. The van der Waals surface area contributed by atoms with Gasteiger partial charge < -0.3 is 0 Å². The lowest BCUT2D eigenvalue weighted by molar-refractivity contribution is 0.569. The maximum Gasteiger partial charge on any atom is 0.240 e. The highest BCUT2D eigenvalue weighted by atomic mass is 32.2. The molecule has 0 saturated carbocycles. The van der Waals surface area contributed by atoms with Crippen LogP contribution in [0.5, 0.6) is 0 Å². The lowest BCUT2D eigenvalue weighted by Gasteiger charge is -2.10. The summed E-state index contributed by atoms with van der Waals surface area (Å²) in [5.74, 6) is 0. The molecule has 0 bridgehead atoms. The average Bonchev–Trinajstić information content (AvgIpc) is 2.14. The van der Waals surface area contributed by atoms with Crippen molar-refractivity contribution in [3.63, 3.8) is 0 Å². The number of benzene rings is 1. The van der Waals surface area contributed by atoms with Crippen LogP contribution in [0.1, 0.15) is 13.8 Å². The van der Waals surface area contributed by atoms with Gasteiger partial charge in [0.1, 0.15) is 0 Å². The van der Waals surface area contributed by atoms with Crippen molar-refractivity contribution in [2.24, 2.45) is 0 Å². The van der Waals surface area contributed by atoms with Crippen molar-refractivity contribution in [3.8, 4) is 0 Å². The highest BCUT2D eigenvalue weighted by molar-refractivity contribution is 7.91. The van der Waals surface area contributed by atoms with Crippen LogP contribution in [0, 0.1) is 0 Å². The molecule has 1 aromatic carbocycles. The Hall–Kier alpha value is -0.920. The fourth-order valence-electron chi connectivity index (χ4n) is 1.25. The number of sulfonamides is 1. The number of nitrogens with one attached hydrogen (secondary N) is 1. The number of hydrogen-bond donors (Lipinski definition) is 1. The van der Waals surface area contributed by atoms with Crippen LogP contribution in [-0.4, -0.2) is 29.1 Å². The zero-order valence-electron chi connectivity index (χ0n) is 9.84. The Morgan fingerprint density at radius 1 is 1.06 bits per heavy atom. The highest BCUT2D eigenvalue weighted by Crippen LogP contribution is 2.15. The fourth-order valence-corrected chi connectivity index (χ4v) is 3.29. The van der Waals surface area contributed by atoms with E-state index in [1.807, 2.05) is 0 Å². The molecule has 5 nitrogen and oxygen atoms in total. The molecule has 0 aliphatic rings. The molecule has 1 N–H and O–H groups in total. The van der Waals surface area contributed by atoms with E-state index in [0.29, 0.717) is 0 Å². The summed E-state index contributed by atoms with van der Waals surface area (Å²) < 4.78 is 48.7. The van der Waals surface area contributed by atoms with Gasteiger partial charge in [0.15, 0.2) is 9.84 Å². The number of rotatable bonds is 4. The van der Waals surface area contributed by atoms with Gasteiger partial charge >= 0.3 is 0 Å². The standard InChI is InChI=1S/C10H15NO4S2/c1-8(2)11-17(14,15)10-6-4-5-9(7-10)16(3,12)13/h4-8,11H,1-3H3. The molecule has 0 heterocycles. The molecule has 0 aliphatic carbocycles. The summed E-state index contributed by atoms with van der Waals surface area (Å²) in [4.78, 5) is -0.0572. The van der Waals surface area contributed by atoms with E-state index in [4.69, 9.17) is 0 Å². The van der Waals surface area contributed by atoms with Crippen molar-refractivity contribution in [1.82, 2.24) is 4.72 Å². The minimum absolute atomic E-state index is 0.0101. The molecule has 0 saturated heterocycles. The molecule has 7 heteroatoms. The van der Waals surface area contributed by atoms with Crippen molar-refractivity contribution in [2.45, 2.75) is 29.7 Å². The first kappa shape index (κ1) is 14.1. The van der Waals surface area contributed by atoms with E-state index in [-0.39, 0.29) is 15.8 Å². The van der Waals surface area contributed by atoms with E-state index in [2.05, 4.69) is 4.72 Å². The van der Waals surface area contributed by atoms with Crippen LogP contribution in [0.4, 0.5) is 0 Å². The van der Waals surface area contributed by atoms with Crippen LogP contribution >= 0.6 is 0 Å². The zero-order valence-corrected chi connectivity index (χ0v) is 11.5. The van der Waals surface area contributed by atoms with E-state index in [9.17, 15) is 16.8 Å². The van der Waals surface area contributed by atoms with Crippen LogP contribution in [0.2, 0.25) is 0 Å². The minimum atomic E-state index is -3.66. The van der Waals surface area contributed by atoms with Crippen LogP contribution in [0.25, 0.3) is 0 Å². The van der Waals surface area contributed by atoms with E-state index in [0.717, 1.165) is 12.3 Å². The van der Waals surface area contributed by atoms with Crippen molar-refractivity contribution in [1.29, 1.82) is 0 Å². The molecule has 0 aromatic heterocycles. The second kappa shape index (κ2) is 4.75. The van der Waals surface area contributed by atoms with E-state index in [1.54, 1.807) is 13.8 Å². The maximum atomic E-state index is 11.8. The molecule has 0 unspecified atom stereocenters. The molecule has 0 fully saturated rings. The van der Waals surface area contributed by atoms with Crippen molar-refractivity contribution in [2.75, 3.05) is 6.26 Å². The van der Waals surface area contributed by atoms with Crippen molar-refractivity contribution >= 4 is 19.9 Å². The third-order valence-electron chi connectivity index (χ3n) is 1.93. The second-order valence-electron chi connectivity index (χ2n) is 4.02. The monoisotopic (exact) mass is 277 g/mol. The number of hydrogen-bond acceptors (Lipinski definition) is 4. The molecule has 96 valence electrons. The zero-order chi connectivity index (χ0) is 13.3. The Balaban J connectivity index is 3.26. The van der Waals surface area contributed by atoms with E-state index >= 15 is 0 Å². The van der Waals surface area contributed by atoms with Gasteiger partial charge in [-0.25, -0.2) is 21.6 Å². The Morgan fingerprint density at radius 2 is 1.59 bits per heavy atom. The van der Waals surface area contributed by atoms with Gasteiger partial charge in [0.05, 0.1) is 9.79 Å². The van der Waals surface area contributed by atoms with Crippen molar-refractivity contribution in [3.05, 3.63) is 24.3 Å². The lowest BCUT2D eigenvalue weighted by atomic mass is 10.4. The Bertz CT molecular complexity index is 603. The number of sulfone groups is 1. The SMILES string of the molecule is CC(C)NS(=O)(=O)c1cccc(S(C)(=O)=O)c1.